The summed E-state index contributed by atoms with van der Waals surface area (Å²) in [4.78, 5) is 40.5. The fourth-order valence-electron chi connectivity index (χ4n) is 3.76. The topological polar surface area (TPSA) is 90.3 Å². The van der Waals surface area contributed by atoms with E-state index < -0.39 is 23.5 Å². The second-order valence-corrected chi connectivity index (χ2v) is 7.48. The summed E-state index contributed by atoms with van der Waals surface area (Å²) < 4.78 is 27.7. The molecule has 1 saturated heterocycles. The number of halogens is 2. The number of nitrogens with two attached hydrogens (primary N) is 1. The number of alkyl halides is 2. The quantitative estimate of drug-likeness (QED) is 0.694. The molecule has 2 heterocycles. The molecule has 2 aromatic rings. The molecular formula is C21H26F2N4O3. The van der Waals surface area contributed by atoms with Crippen LogP contribution in [0.25, 0.3) is 0 Å². The number of aromatic nitrogens is 2. The van der Waals surface area contributed by atoms with E-state index in [4.69, 9.17) is 5.73 Å². The van der Waals surface area contributed by atoms with Gasteiger partial charge in [-0.15, -0.1) is 0 Å². The predicted octanol–water partition coefficient (Wildman–Crippen LogP) is 2.27. The summed E-state index contributed by atoms with van der Waals surface area (Å²) in [7, 11) is 0. The maximum atomic E-state index is 12.9. The van der Waals surface area contributed by atoms with E-state index in [1.165, 1.54) is 24.3 Å². The van der Waals surface area contributed by atoms with E-state index in [2.05, 4.69) is 0 Å². The second kappa shape index (κ2) is 9.34. The van der Waals surface area contributed by atoms with Gasteiger partial charge in [0.25, 0.3) is 12.0 Å². The van der Waals surface area contributed by atoms with Crippen LogP contribution in [0.1, 0.15) is 54.1 Å². The molecule has 1 aromatic heterocycles. The molecule has 1 aliphatic rings. The molecule has 0 aliphatic carbocycles. The van der Waals surface area contributed by atoms with E-state index in [9.17, 15) is 23.2 Å². The van der Waals surface area contributed by atoms with Crippen molar-refractivity contribution in [2.75, 3.05) is 25.4 Å². The summed E-state index contributed by atoms with van der Waals surface area (Å²) >= 11 is 0. The number of benzene rings is 1. The van der Waals surface area contributed by atoms with Crippen LogP contribution in [0.2, 0.25) is 0 Å². The monoisotopic (exact) mass is 420 g/mol. The Labute approximate surface area is 172 Å². The van der Waals surface area contributed by atoms with Crippen molar-refractivity contribution in [3.63, 3.8) is 0 Å². The highest BCUT2D eigenvalue weighted by Gasteiger charge is 2.24. The fourth-order valence-corrected chi connectivity index (χ4v) is 3.76. The molecule has 3 rings (SSSR count). The molecule has 0 radical (unpaired) electrons. The van der Waals surface area contributed by atoms with Crippen LogP contribution in [0.5, 0.6) is 0 Å². The van der Waals surface area contributed by atoms with Crippen LogP contribution in [0.4, 0.5) is 14.6 Å². The number of hydrogen-bond donors (Lipinski definition) is 1. The van der Waals surface area contributed by atoms with Crippen molar-refractivity contribution in [3.05, 3.63) is 61.8 Å². The summed E-state index contributed by atoms with van der Waals surface area (Å²) in [6.45, 7) is 3.34. The number of nitrogens with zero attached hydrogens (tertiary/aromatic N) is 3. The molecule has 162 valence electrons. The van der Waals surface area contributed by atoms with Crippen LogP contribution in [0.15, 0.2) is 33.9 Å². The molecule has 0 unspecified atom stereocenters. The maximum absolute atomic E-state index is 12.9. The van der Waals surface area contributed by atoms with Gasteiger partial charge in [-0.3, -0.25) is 23.6 Å². The van der Waals surface area contributed by atoms with E-state index in [1.807, 2.05) is 4.90 Å². The lowest BCUT2D eigenvalue weighted by Crippen LogP contribution is -2.45. The SMILES string of the molecule is CCn1c(=O)c(C(=O)CN2CCCCC2)c(N)n(Cc2ccc(C(F)F)cc2)c1=O. The summed E-state index contributed by atoms with van der Waals surface area (Å²) in [6.07, 6.45) is 0.518. The van der Waals surface area contributed by atoms with Crippen LogP contribution in [0, 0.1) is 0 Å². The first-order valence-corrected chi connectivity index (χ1v) is 10.1. The van der Waals surface area contributed by atoms with Gasteiger partial charge in [0.2, 0.25) is 0 Å². The largest absolute Gasteiger partial charge is 0.384 e. The third kappa shape index (κ3) is 4.51. The Bertz CT molecular complexity index is 1020. The molecule has 1 aromatic carbocycles. The van der Waals surface area contributed by atoms with E-state index in [0.29, 0.717) is 5.56 Å². The first kappa shape index (κ1) is 21.9. The maximum Gasteiger partial charge on any atom is 0.332 e. The van der Waals surface area contributed by atoms with Crippen LogP contribution in [0.3, 0.4) is 0 Å². The molecule has 1 fully saturated rings. The van der Waals surface area contributed by atoms with Gasteiger partial charge in [-0.25, -0.2) is 13.6 Å². The van der Waals surface area contributed by atoms with Crippen molar-refractivity contribution in [1.82, 2.24) is 14.0 Å². The predicted molar refractivity (Wildman–Crippen MR) is 110 cm³/mol. The van der Waals surface area contributed by atoms with Crippen molar-refractivity contribution in [2.24, 2.45) is 0 Å². The number of anilines is 1. The van der Waals surface area contributed by atoms with Gasteiger partial charge in [-0.1, -0.05) is 30.7 Å². The van der Waals surface area contributed by atoms with E-state index in [0.717, 1.165) is 41.5 Å². The molecule has 1 aliphatic heterocycles. The van der Waals surface area contributed by atoms with Crippen LogP contribution >= 0.6 is 0 Å². The lowest BCUT2D eigenvalue weighted by Gasteiger charge is -2.26. The number of hydrogen-bond acceptors (Lipinski definition) is 5. The minimum atomic E-state index is -2.59. The third-order valence-corrected chi connectivity index (χ3v) is 5.45. The van der Waals surface area contributed by atoms with Crippen LogP contribution < -0.4 is 17.0 Å². The average Bonchev–Trinajstić information content (AvgIpc) is 2.72. The Morgan fingerprint density at radius 3 is 2.27 bits per heavy atom. The summed E-state index contributed by atoms with van der Waals surface area (Å²) in [5, 5.41) is 0. The molecule has 0 atom stereocenters. The van der Waals surface area contributed by atoms with Gasteiger partial charge in [0.1, 0.15) is 11.4 Å². The Morgan fingerprint density at radius 2 is 1.70 bits per heavy atom. The van der Waals surface area contributed by atoms with Crippen molar-refractivity contribution in [1.29, 1.82) is 0 Å². The van der Waals surface area contributed by atoms with Gasteiger partial charge in [0.05, 0.1) is 13.1 Å². The number of carbonyl (C=O) groups is 1. The lowest BCUT2D eigenvalue weighted by molar-refractivity contribution is 0.0913. The van der Waals surface area contributed by atoms with Gasteiger partial charge < -0.3 is 5.73 Å². The van der Waals surface area contributed by atoms with E-state index in [-0.39, 0.29) is 36.6 Å². The zero-order valence-corrected chi connectivity index (χ0v) is 16.9. The number of Topliss-reactive ketones (excluding diaryl/α,β-unsaturated/α-hetero) is 1. The molecule has 7 nitrogen and oxygen atoms in total. The van der Waals surface area contributed by atoms with Gasteiger partial charge in [-0.2, -0.15) is 0 Å². The smallest absolute Gasteiger partial charge is 0.332 e. The van der Waals surface area contributed by atoms with Crippen molar-refractivity contribution in [2.45, 2.75) is 45.7 Å². The number of carbonyl (C=O) groups excluding carboxylic acids is 1. The molecule has 9 heteroatoms. The van der Waals surface area contributed by atoms with E-state index in [1.54, 1.807) is 6.92 Å². The zero-order chi connectivity index (χ0) is 21.8. The van der Waals surface area contributed by atoms with Gasteiger partial charge >= 0.3 is 5.69 Å². The third-order valence-electron chi connectivity index (χ3n) is 5.45. The minimum Gasteiger partial charge on any atom is -0.384 e. The van der Waals surface area contributed by atoms with E-state index >= 15 is 0 Å². The van der Waals surface area contributed by atoms with Crippen molar-refractivity contribution >= 4 is 11.6 Å². The number of ketones is 1. The Balaban J connectivity index is 1.98. The molecule has 0 spiro atoms. The fraction of sp³-hybridized carbons (Fsp3) is 0.476. The molecular weight excluding hydrogens is 394 g/mol. The highest BCUT2D eigenvalue weighted by molar-refractivity contribution is 6.01. The normalized spacial score (nSPS) is 14.9. The van der Waals surface area contributed by atoms with Crippen molar-refractivity contribution < 1.29 is 13.6 Å². The second-order valence-electron chi connectivity index (χ2n) is 7.48. The highest BCUT2D eigenvalue weighted by Crippen LogP contribution is 2.19. The van der Waals surface area contributed by atoms with Gasteiger partial charge in [0, 0.05) is 12.1 Å². The summed E-state index contributed by atoms with van der Waals surface area (Å²) in [5.41, 5.74) is 5.05. The number of likely N-dealkylation sites (tertiary alicyclic amines) is 1. The first-order valence-electron chi connectivity index (χ1n) is 10.1. The van der Waals surface area contributed by atoms with Crippen LogP contribution in [-0.2, 0) is 13.1 Å². The Morgan fingerprint density at radius 1 is 1.07 bits per heavy atom. The Hall–Kier alpha value is -2.81. The average molecular weight is 420 g/mol. The van der Waals surface area contributed by atoms with Gasteiger partial charge in [0.15, 0.2) is 5.78 Å². The first-order chi connectivity index (χ1) is 14.3. The van der Waals surface area contributed by atoms with Crippen molar-refractivity contribution in [3.8, 4) is 0 Å². The molecule has 0 saturated carbocycles. The number of nitrogen functional groups attached to an aromatic ring is 1. The number of rotatable bonds is 7. The van der Waals surface area contributed by atoms with Gasteiger partial charge in [-0.05, 0) is 38.4 Å². The minimum absolute atomic E-state index is 0.0293. The molecule has 2 N–H and O–H groups in total. The Kier molecular flexibility index (Phi) is 6.81. The number of piperidine rings is 1. The zero-order valence-electron chi connectivity index (χ0n) is 16.9. The summed E-state index contributed by atoms with van der Waals surface area (Å²) in [6, 6.07) is 5.51. The molecule has 30 heavy (non-hydrogen) atoms. The summed E-state index contributed by atoms with van der Waals surface area (Å²) in [5.74, 6) is -0.599. The highest BCUT2D eigenvalue weighted by atomic mass is 19.3. The van der Waals surface area contributed by atoms with Crippen LogP contribution in [-0.4, -0.2) is 39.5 Å². The molecule has 0 amide bonds. The lowest BCUT2D eigenvalue weighted by atomic mass is 10.1. The molecule has 0 bridgehead atoms. The standard InChI is InChI=1S/C21H26F2N4O3/c1-2-26-20(29)17(16(28)13-25-10-4-3-5-11-25)19(24)27(21(26)30)12-14-6-8-15(9-7-14)18(22)23/h6-9,18H,2-5,10-13,24H2,1H3.